The Morgan fingerprint density at radius 3 is 2.81 bits per heavy atom. The molecule has 3 nitrogen and oxygen atoms in total. The lowest BCUT2D eigenvalue weighted by Gasteiger charge is -2.41. The minimum absolute atomic E-state index is 0.0472. The highest BCUT2D eigenvalue weighted by Crippen LogP contribution is 2.65. The van der Waals surface area contributed by atoms with Crippen LogP contribution >= 0.6 is 0 Å². The molecule has 5 aliphatic rings. The number of carbonyl (C=O) groups is 1. The van der Waals surface area contributed by atoms with E-state index >= 15 is 0 Å². The molecule has 1 heterocycles. The van der Waals surface area contributed by atoms with Crippen LogP contribution in [0.3, 0.4) is 0 Å². The van der Waals surface area contributed by atoms with Crippen molar-refractivity contribution < 1.29 is 9.53 Å². The fourth-order valence-corrected chi connectivity index (χ4v) is 4.59. The zero-order valence-electron chi connectivity index (χ0n) is 9.43. The lowest BCUT2D eigenvalue weighted by atomic mass is 9.62. The monoisotopic (exact) mass is 219 g/mol. The second-order valence-electron chi connectivity index (χ2n) is 5.75. The van der Waals surface area contributed by atoms with Crippen molar-refractivity contribution in [3.63, 3.8) is 0 Å². The molecule has 0 radical (unpaired) electrons. The van der Waals surface area contributed by atoms with Gasteiger partial charge in [0, 0.05) is 0 Å². The van der Waals surface area contributed by atoms with Crippen molar-refractivity contribution in [1.29, 1.82) is 0 Å². The first kappa shape index (κ1) is 9.23. The van der Waals surface area contributed by atoms with E-state index in [0.29, 0.717) is 17.8 Å². The van der Waals surface area contributed by atoms with Crippen molar-refractivity contribution in [2.24, 2.45) is 35.5 Å². The Balaban J connectivity index is 1.69. The third-order valence-electron chi connectivity index (χ3n) is 5.28. The van der Waals surface area contributed by atoms with Gasteiger partial charge in [-0.3, -0.25) is 4.79 Å². The molecule has 7 atom stereocenters. The highest BCUT2D eigenvalue weighted by Gasteiger charge is 2.63. The molecule has 1 saturated heterocycles. The Morgan fingerprint density at radius 1 is 1.25 bits per heavy atom. The summed E-state index contributed by atoms with van der Waals surface area (Å²) in [6, 6.07) is -0.0472. The molecule has 86 valence electrons. The van der Waals surface area contributed by atoms with E-state index in [-0.39, 0.29) is 12.0 Å². The van der Waals surface area contributed by atoms with Crippen LogP contribution in [-0.2, 0) is 9.53 Å². The number of rotatable bonds is 1. The van der Waals surface area contributed by atoms with Crippen LogP contribution in [0.5, 0.6) is 0 Å². The Labute approximate surface area is 95.2 Å². The molecule has 16 heavy (non-hydrogen) atoms. The maximum Gasteiger partial charge on any atom is 0.323 e. The summed E-state index contributed by atoms with van der Waals surface area (Å²) >= 11 is 0. The predicted octanol–water partition coefficient (Wildman–Crippen LogP) is 0.815. The van der Waals surface area contributed by atoms with Crippen LogP contribution < -0.4 is 5.32 Å². The molecule has 0 unspecified atom stereocenters. The largest absolute Gasteiger partial charge is 0.468 e. The molecular weight excluding hydrogens is 202 g/mol. The lowest BCUT2D eigenvalue weighted by molar-refractivity contribution is -0.144. The summed E-state index contributed by atoms with van der Waals surface area (Å²) in [5, 5.41) is 3.38. The predicted molar refractivity (Wildman–Crippen MR) is 58.5 cm³/mol. The van der Waals surface area contributed by atoms with Gasteiger partial charge in [0.15, 0.2) is 0 Å². The first-order valence-corrected chi connectivity index (χ1v) is 6.31. The minimum Gasteiger partial charge on any atom is -0.468 e. The number of hydrogen-bond donors (Lipinski definition) is 1. The Bertz CT molecular complexity index is 378. The molecule has 0 aromatic heterocycles. The van der Waals surface area contributed by atoms with E-state index in [1.807, 2.05) is 0 Å². The summed E-state index contributed by atoms with van der Waals surface area (Å²) in [6.07, 6.45) is 6.19. The van der Waals surface area contributed by atoms with E-state index in [9.17, 15) is 4.79 Å². The van der Waals surface area contributed by atoms with Gasteiger partial charge in [-0.15, -0.1) is 0 Å². The Hall–Kier alpha value is -0.830. The zero-order chi connectivity index (χ0) is 10.9. The normalized spacial score (nSPS) is 55.7. The minimum atomic E-state index is -0.0642. The maximum atomic E-state index is 11.8. The summed E-state index contributed by atoms with van der Waals surface area (Å²) < 4.78 is 4.91. The molecule has 4 aliphatic carbocycles. The Morgan fingerprint density at radius 2 is 2.00 bits per heavy atom. The number of methoxy groups -OCH3 is 1. The molecule has 3 fully saturated rings. The van der Waals surface area contributed by atoms with Crippen LogP contribution in [0.1, 0.15) is 6.42 Å². The number of allylic oxidation sites excluding steroid dienone is 2. The van der Waals surface area contributed by atoms with E-state index < -0.39 is 0 Å². The molecule has 0 aromatic carbocycles. The molecular formula is C13H17NO2. The van der Waals surface area contributed by atoms with Gasteiger partial charge in [0.25, 0.3) is 0 Å². The number of carbonyl (C=O) groups excluding carboxylic acids is 1. The molecule has 5 rings (SSSR count). The van der Waals surface area contributed by atoms with E-state index in [4.69, 9.17) is 4.74 Å². The maximum absolute atomic E-state index is 11.8. The highest BCUT2D eigenvalue weighted by molar-refractivity contribution is 5.77. The number of nitrogens with one attached hydrogen (secondary N) is 1. The van der Waals surface area contributed by atoms with Gasteiger partial charge in [0.2, 0.25) is 0 Å². The highest BCUT2D eigenvalue weighted by atomic mass is 16.5. The average Bonchev–Trinajstić information content (AvgIpc) is 3.02. The third kappa shape index (κ3) is 0.956. The van der Waals surface area contributed by atoms with Crippen LogP contribution in [0.15, 0.2) is 12.2 Å². The smallest absolute Gasteiger partial charge is 0.323 e. The summed E-state index contributed by atoms with van der Waals surface area (Å²) in [4.78, 5) is 11.8. The third-order valence-corrected chi connectivity index (χ3v) is 5.28. The molecule has 2 saturated carbocycles. The van der Waals surface area contributed by atoms with Crippen LogP contribution in [0.25, 0.3) is 0 Å². The SMILES string of the molecule is COC(=O)[C@H]1NC[C@@H]2[C@@H]3C=C[C@@H]([C@H]4C[C@@H]34)[C@@H]21. The van der Waals surface area contributed by atoms with Crippen molar-refractivity contribution in [1.82, 2.24) is 5.32 Å². The van der Waals surface area contributed by atoms with Gasteiger partial charge in [-0.1, -0.05) is 12.2 Å². The molecule has 2 bridgehead atoms. The van der Waals surface area contributed by atoms with Gasteiger partial charge >= 0.3 is 5.97 Å². The molecule has 0 aromatic rings. The van der Waals surface area contributed by atoms with Crippen LogP contribution in [0.4, 0.5) is 0 Å². The van der Waals surface area contributed by atoms with Crippen molar-refractivity contribution in [2.75, 3.05) is 13.7 Å². The summed E-state index contributed by atoms with van der Waals surface area (Å²) in [6.45, 7) is 0.999. The summed E-state index contributed by atoms with van der Waals surface area (Å²) in [5.74, 6) is 4.32. The van der Waals surface area contributed by atoms with Gasteiger partial charge in [-0.05, 0) is 48.5 Å². The van der Waals surface area contributed by atoms with Crippen LogP contribution in [0, 0.1) is 35.5 Å². The fraction of sp³-hybridized carbons (Fsp3) is 0.769. The summed E-state index contributed by atoms with van der Waals surface area (Å²) in [5.41, 5.74) is 0. The summed E-state index contributed by atoms with van der Waals surface area (Å²) in [7, 11) is 1.49. The van der Waals surface area contributed by atoms with Gasteiger partial charge in [-0.25, -0.2) is 0 Å². The second-order valence-corrected chi connectivity index (χ2v) is 5.75. The number of ether oxygens (including phenoxy) is 1. The van der Waals surface area contributed by atoms with Gasteiger partial charge < -0.3 is 10.1 Å². The molecule has 1 N–H and O–H groups in total. The first-order chi connectivity index (χ1) is 7.81. The van der Waals surface area contributed by atoms with Gasteiger partial charge in [0.1, 0.15) is 6.04 Å². The molecule has 3 heteroatoms. The van der Waals surface area contributed by atoms with E-state index in [1.165, 1.54) is 13.5 Å². The molecule has 0 amide bonds. The van der Waals surface area contributed by atoms with Crippen molar-refractivity contribution >= 4 is 5.97 Å². The van der Waals surface area contributed by atoms with Crippen LogP contribution in [0.2, 0.25) is 0 Å². The van der Waals surface area contributed by atoms with Gasteiger partial charge in [-0.2, -0.15) is 0 Å². The zero-order valence-corrected chi connectivity index (χ0v) is 9.43. The fourth-order valence-electron chi connectivity index (χ4n) is 4.59. The standard InChI is InChI=1S/C13H17NO2/c1-16-13(15)12-11-7-3-2-6(8-4-9(7)8)10(11)5-14-12/h2-3,6-12,14H,4-5H2,1H3/t6-,7+,8+,9-,10-,11+,12+/m1/s1. The van der Waals surface area contributed by atoms with Crippen molar-refractivity contribution in [2.45, 2.75) is 12.5 Å². The van der Waals surface area contributed by atoms with E-state index in [0.717, 1.165) is 24.3 Å². The molecule has 1 aliphatic heterocycles. The van der Waals surface area contributed by atoms with Crippen molar-refractivity contribution in [3.8, 4) is 0 Å². The molecule has 0 spiro atoms. The van der Waals surface area contributed by atoms with E-state index in [1.54, 1.807) is 0 Å². The quantitative estimate of drug-likeness (QED) is 0.524. The number of hydrogen-bond acceptors (Lipinski definition) is 3. The Kier molecular flexibility index (Phi) is 1.67. The van der Waals surface area contributed by atoms with E-state index in [2.05, 4.69) is 17.5 Å². The number of esters is 1. The lowest BCUT2D eigenvalue weighted by Crippen LogP contribution is -2.45. The van der Waals surface area contributed by atoms with Crippen LogP contribution in [-0.4, -0.2) is 25.7 Å². The van der Waals surface area contributed by atoms with Crippen molar-refractivity contribution in [3.05, 3.63) is 12.2 Å². The topological polar surface area (TPSA) is 38.3 Å². The first-order valence-electron chi connectivity index (χ1n) is 6.31. The average molecular weight is 219 g/mol. The second kappa shape index (κ2) is 2.89. The van der Waals surface area contributed by atoms with Gasteiger partial charge in [0.05, 0.1) is 7.11 Å².